The van der Waals surface area contributed by atoms with Gasteiger partial charge >= 0.3 is 0 Å². The van der Waals surface area contributed by atoms with Crippen LogP contribution in [0.5, 0.6) is 0 Å². The molecule has 1 N–H and O–H groups in total. The second-order valence-corrected chi connectivity index (χ2v) is 5.90. The minimum absolute atomic E-state index is 0.223. The van der Waals surface area contributed by atoms with Crippen LogP contribution in [0.15, 0.2) is 0 Å². The van der Waals surface area contributed by atoms with Gasteiger partial charge in [0, 0.05) is 25.2 Å². The Morgan fingerprint density at radius 3 is 2.62 bits per heavy atom. The van der Waals surface area contributed by atoms with Gasteiger partial charge in [0.1, 0.15) is 17.7 Å². The SMILES string of the molecule is Cc1nc2c(c(N3CCCC3)n1)CCN(C(=O)C(C)O)C2. The van der Waals surface area contributed by atoms with Crippen molar-refractivity contribution < 1.29 is 9.90 Å². The van der Waals surface area contributed by atoms with Crippen LogP contribution in [0.4, 0.5) is 5.82 Å². The Balaban J connectivity index is 1.90. The van der Waals surface area contributed by atoms with Crippen molar-refractivity contribution in [3.05, 3.63) is 17.1 Å². The standard InChI is InChI=1S/C15H22N4O2/c1-10(20)15(21)19-8-5-12-13(9-19)16-11(2)17-14(12)18-6-3-4-7-18/h10,20H,3-9H2,1-2H3. The Hall–Kier alpha value is -1.69. The average molecular weight is 290 g/mol. The molecule has 21 heavy (non-hydrogen) atoms. The van der Waals surface area contributed by atoms with E-state index >= 15 is 0 Å². The molecule has 1 amide bonds. The van der Waals surface area contributed by atoms with Crippen LogP contribution in [0.2, 0.25) is 0 Å². The second-order valence-electron chi connectivity index (χ2n) is 5.90. The van der Waals surface area contributed by atoms with Gasteiger partial charge in [-0.15, -0.1) is 0 Å². The van der Waals surface area contributed by atoms with Gasteiger partial charge in [0.25, 0.3) is 5.91 Å². The Kier molecular flexibility index (Phi) is 3.80. The van der Waals surface area contributed by atoms with Crippen molar-refractivity contribution in [1.29, 1.82) is 0 Å². The summed E-state index contributed by atoms with van der Waals surface area (Å²) in [7, 11) is 0. The number of amides is 1. The van der Waals surface area contributed by atoms with Gasteiger partial charge in [0.15, 0.2) is 0 Å². The van der Waals surface area contributed by atoms with Crippen molar-refractivity contribution in [3.63, 3.8) is 0 Å². The third-order valence-electron chi connectivity index (χ3n) is 4.23. The lowest BCUT2D eigenvalue weighted by molar-refractivity contribution is -0.140. The summed E-state index contributed by atoms with van der Waals surface area (Å²) in [5, 5.41) is 9.47. The van der Waals surface area contributed by atoms with Gasteiger partial charge in [-0.05, 0) is 33.1 Å². The second kappa shape index (κ2) is 5.60. The molecular weight excluding hydrogens is 268 g/mol. The molecule has 1 aromatic heterocycles. The number of aliphatic hydroxyl groups excluding tert-OH is 1. The fraction of sp³-hybridized carbons (Fsp3) is 0.667. The topological polar surface area (TPSA) is 69.6 Å². The summed E-state index contributed by atoms with van der Waals surface area (Å²) in [6.07, 6.45) is 2.24. The summed E-state index contributed by atoms with van der Waals surface area (Å²) in [6.45, 7) is 6.62. The van der Waals surface area contributed by atoms with Crippen LogP contribution >= 0.6 is 0 Å². The number of hydrogen-bond acceptors (Lipinski definition) is 5. The van der Waals surface area contributed by atoms with Gasteiger partial charge in [-0.3, -0.25) is 4.79 Å². The molecule has 114 valence electrons. The highest BCUT2D eigenvalue weighted by molar-refractivity contribution is 5.80. The zero-order valence-electron chi connectivity index (χ0n) is 12.7. The molecule has 6 heteroatoms. The van der Waals surface area contributed by atoms with Gasteiger partial charge in [0.05, 0.1) is 12.2 Å². The molecule has 0 aromatic carbocycles. The van der Waals surface area contributed by atoms with Gasteiger partial charge in [-0.2, -0.15) is 0 Å². The lowest BCUT2D eigenvalue weighted by atomic mass is 10.0. The van der Waals surface area contributed by atoms with Crippen LogP contribution < -0.4 is 4.90 Å². The number of anilines is 1. The minimum Gasteiger partial charge on any atom is -0.384 e. The maximum Gasteiger partial charge on any atom is 0.251 e. The first-order valence-corrected chi connectivity index (χ1v) is 7.64. The Morgan fingerprint density at radius 2 is 1.95 bits per heavy atom. The Labute approximate surface area is 124 Å². The van der Waals surface area contributed by atoms with Crippen LogP contribution in [0.3, 0.4) is 0 Å². The molecule has 0 radical (unpaired) electrons. The van der Waals surface area contributed by atoms with E-state index in [1.165, 1.54) is 25.3 Å². The highest BCUT2D eigenvalue weighted by Gasteiger charge is 2.28. The van der Waals surface area contributed by atoms with E-state index in [4.69, 9.17) is 0 Å². The molecule has 0 saturated carbocycles. The minimum atomic E-state index is -0.951. The number of aryl methyl sites for hydroxylation is 1. The summed E-state index contributed by atoms with van der Waals surface area (Å²) in [5.74, 6) is 1.58. The van der Waals surface area contributed by atoms with E-state index < -0.39 is 6.10 Å². The molecule has 0 spiro atoms. The maximum atomic E-state index is 12.0. The first kappa shape index (κ1) is 14.3. The number of nitrogens with zero attached hydrogens (tertiary/aromatic N) is 4. The van der Waals surface area contributed by atoms with Crippen LogP contribution in [0.1, 0.15) is 36.8 Å². The first-order valence-electron chi connectivity index (χ1n) is 7.64. The fourth-order valence-electron chi connectivity index (χ4n) is 3.17. The fourth-order valence-corrected chi connectivity index (χ4v) is 3.17. The summed E-state index contributed by atoms with van der Waals surface area (Å²) >= 11 is 0. The molecule has 0 bridgehead atoms. The molecule has 0 aliphatic carbocycles. The number of aromatic nitrogens is 2. The monoisotopic (exact) mass is 290 g/mol. The van der Waals surface area contributed by atoms with Gasteiger partial charge in [-0.1, -0.05) is 0 Å². The van der Waals surface area contributed by atoms with Crippen molar-refractivity contribution >= 4 is 11.7 Å². The van der Waals surface area contributed by atoms with Gasteiger partial charge in [-0.25, -0.2) is 9.97 Å². The molecule has 1 atom stereocenters. The van der Waals surface area contributed by atoms with Crippen molar-refractivity contribution in [1.82, 2.24) is 14.9 Å². The van der Waals surface area contributed by atoms with Crippen LogP contribution in [0, 0.1) is 6.92 Å². The Morgan fingerprint density at radius 1 is 1.24 bits per heavy atom. The number of carbonyl (C=O) groups excluding carboxylic acids is 1. The van der Waals surface area contributed by atoms with Gasteiger partial charge < -0.3 is 14.9 Å². The van der Waals surface area contributed by atoms with E-state index in [0.717, 1.165) is 36.8 Å². The van der Waals surface area contributed by atoms with E-state index in [1.807, 2.05) is 6.92 Å². The normalized spacial score (nSPS) is 19.6. The zero-order valence-corrected chi connectivity index (χ0v) is 12.7. The van der Waals surface area contributed by atoms with E-state index in [0.29, 0.717) is 13.1 Å². The number of carbonyl (C=O) groups is 1. The molecule has 3 heterocycles. The molecule has 6 nitrogen and oxygen atoms in total. The lowest BCUT2D eigenvalue weighted by Crippen LogP contribution is -2.42. The summed E-state index contributed by atoms with van der Waals surface area (Å²) in [5.41, 5.74) is 2.11. The summed E-state index contributed by atoms with van der Waals surface area (Å²) in [4.78, 5) is 25.1. The average Bonchev–Trinajstić information content (AvgIpc) is 2.98. The number of rotatable bonds is 2. The molecule has 1 aromatic rings. The van der Waals surface area contributed by atoms with Crippen LogP contribution in [-0.2, 0) is 17.8 Å². The quantitative estimate of drug-likeness (QED) is 0.866. The predicted molar refractivity (Wildman–Crippen MR) is 79.0 cm³/mol. The Bertz CT molecular complexity index is 553. The van der Waals surface area contributed by atoms with E-state index in [-0.39, 0.29) is 5.91 Å². The van der Waals surface area contributed by atoms with Crippen molar-refractivity contribution in [2.45, 2.75) is 45.8 Å². The molecule has 2 aliphatic heterocycles. The molecule has 2 aliphatic rings. The first-order chi connectivity index (χ1) is 10.1. The number of fused-ring (bicyclic) bond motifs is 1. The van der Waals surface area contributed by atoms with E-state index in [2.05, 4.69) is 14.9 Å². The van der Waals surface area contributed by atoms with Crippen molar-refractivity contribution in [3.8, 4) is 0 Å². The third-order valence-corrected chi connectivity index (χ3v) is 4.23. The number of aliphatic hydroxyl groups is 1. The summed E-state index contributed by atoms with van der Waals surface area (Å²) < 4.78 is 0. The van der Waals surface area contributed by atoms with Crippen molar-refractivity contribution in [2.75, 3.05) is 24.5 Å². The van der Waals surface area contributed by atoms with Crippen LogP contribution in [0.25, 0.3) is 0 Å². The number of hydrogen-bond donors (Lipinski definition) is 1. The zero-order chi connectivity index (χ0) is 15.0. The van der Waals surface area contributed by atoms with Crippen LogP contribution in [-0.4, -0.2) is 51.6 Å². The maximum absolute atomic E-state index is 12.0. The van der Waals surface area contributed by atoms with E-state index in [9.17, 15) is 9.90 Å². The smallest absolute Gasteiger partial charge is 0.251 e. The van der Waals surface area contributed by atoms with Crippen molar-refractivity contribution in [2.24, 2.45) is 0 Å². The molecular formula is C15H22N4O2. The lowest BCUT2D eigenvalue weighted by Gasteiger charge is -2.31. The van der Waals surface area contributed by atoms with Gasteiger partial charge in [0.2, 0.25) is 0 Å². The van der Waals surface area contributed by atoms with E-state index in [1.54, 1.807) is 4.90 Å². The highest BCUT2D eigenvalue weighted by Crippen LogP contribution is 2.28. The molecule has 1 saturated heterocycles. The largest absolute Gasteiger partial charge is 0.384 e. The predicted octanol–water partition coefficient (Wildman–Crippen LogP) is 0.651. The molecule has 1 fully saturated rings. The third kappa shape index (κ3) is 2.72. The highest BCUT2D eigenvalue weighted by atomic mass is 16.3. The summed E-state index contributed by atoms with van der Waals surface area (Å²) in [6, 6.07) is 0. The molecule has 1 unspecified atom stereocenters. The molecule has 3 rings (SSSR count).